The Kier molecular flexibility index (Phi) is 7.68. The quantitative estimate of drug-likeness (QED) is 0.404. The van der Waals surface area contributed by atoms with E-state index in [1.165, 1.54) is 24.3 Å². The number of ether oxygens (including phenoxy) is 2. The Morgan fingerprint density at radius 1 is 0.939 bits per heavy atom. The maximum absolute atomic E-state index is 13.9. The van der Waals surface area contributed by atoms with Crippen molar-refractivity contribution in [2.45, 2.75) is 12.5 Å². The molecular formula is C26H27ClF2N2O2. The summed E-state index contributed by atoms with van der Waals surface area (Å²) in [5.74, 6) is 0.517. The fourth-order valence-electron chi connectivity index (χ4n) is 4.12. The second-order valence-electron chi connectivity index (χ2n) is 8.03. The van der Waals surface area contributed by atoms with Crippen LogP contribution in [0.4, 0.5) is 14.5 Å². The molecule has 1 unspecified atom stereocenters. The number of anilines is 1. The summed E-state index contributed by atoms with van der Waals surface area (Å²) in [4.78, 5) is 4.70. The van der Waals surface area contributed by atoms with Crippen molar-refractivity contribution in [1.29, 1.82) is 0 Å². The molecule has 1 saturated heterocycles. The van der Waals surface area contributed by atoms with Gasteiger partial charge in [-0.2, -0.15) is 0 Å². The van der Waals surface area contributed by atoms with E-state index >= 15 is 0 Å². The van der Waals surface area contributed by atoms with Gasteiger partial charge in [-0.25, -0.2) is 8.78 Å². The lowest BCUT2D eigenvalue weighted by Crippen LogP contribution is -2.47. The smallest absolute Gasteiger partial charge is 0.142 e. The van der Waals surface area contributed by atoms with Crippen LogP contribution in [0.1, 0.15) is 18.1 Å². The molecular weight excluding hydrogens is 446 g/mol. The molecule has 0 spiro atoms. The Balaban J connectivity index is 1.40. The Bertz CT molecular complexity index is 1070. The van der Waals surface area contributed by atoms with Gasteiger partial charge in [-0.05, 0) is 42.0 Å². The number of halogens is 3. The molecule has 1 aliphatic rings. The van der Waals surface area contributed by atoms with E-state index in [9.17, 15) is 8.78 Å². The van der Waals surface area contributed by atoms with Crippen molar-refractivity contribution >= 4 is 17.3 Å². The molecule has 0 N–H and O–H groups in total. The van der Waals surface area contributed by atoms with E-state index in [1.807, 2.05) is 24.3 Å². The van der Waals surface area contributed by atoms with Gasteiger partial charge in [0.2, 0.25) is 0 Å². The van der Waals surface area contributed by atoms with E-state index < -0.39 is 5.82 Å². The van der Waals surface area contributed by atoms with Crippen LogP contribution in [0.15, 0.2) is 66.7 Å². The normalized spacial score (nSPS) is 15.3. The fraction of sp³-hybridized carbons (Fsp3) is 0.308. The maximum Gasteiger partial charge on any atom is 0.142 e. The molecule has 0 aliphatic carbocycles. The maximum atomic E-state index is 13.9. The van der Waals surface area contributed by atoms with Crippen molar-refractivity contribution in [3.05, 3.63) is 89.0 Å². The van der Waals surface area contributed by atoms with Gasteiger partial charge in [0.05, 0.1) is 17.8 Å². The first-order valence-corrected chi connectivity index (χ1v) is 11.4. The Morgan fingerprint density at radius 2 is 1.73 bits per heavy atom. The minimum Gasteiger partial charge on any atom is -0.495 e. The molecule has 7 heteroatoms. The molecule has 4 nitrogen and oxygen atoms in total. The van der Waals surface area contributed by atoms with Gasteiger partial charge in [0.1, 0.15) is 29.2 Å². The zero-order chi connectivity index (χ0) is 23.2. The van der Waals surface area contributed by atoms with Gasteiger partial charge in [-0.3, -0.25) is 4.90 Å². The van der Waals surface area contributed by atoms with Crippen LogP contribution in [0, 0.1) is 11.6 Å². The molecule has 1 heterocycles. The zero-order valence-electron chi connectivity index (χ0n) is 18.5. The fourth-order valence-corrected chi connectivity index (χ4v) is 4.29. The molecule has 3 aromatic rings. The highest BCUT2D eigenvalue weighted by Gasteiger charge is 2.22. The average molecular weight is 473 g/mol. The van der Waals surface area contributed by atoms with Crippen molar-refractivity contribution in [3.8, 4) is 11.5 Å². The van der Waals surface area contributed by atoms with E-state index in [4.69, 9.17) is 21.1 Å². The third kappa shape index (κ3) is 5.95. The Morgan fingerprint density at radius 3 is 2.45 bits per heavy atom. The number of hydrogen-bond donors (Lipinski definition) is 0. The molecule has 0 bridgehead atoms. The largest absolute Gasteiger partial charge is 0.495 e. The second kappa shape index (κ2) is 10.9. The molecule has 4 rings (SSSR count). The average Bonchev–Trinajstić information content (AvgIpc) is 2.84. The summed E-state index contributed by atoms with van der Waals surface area (Å²) >= 11 is 5.92. The van der Waals surface area contributed by atoms with E-state index in [1.54, 1.807) is 19.2 Å². The van der Waals surface area contributed by atoms with Crippen molar-refractivity contribution in [3.63, 3.8) is 0 Å². The van der Waals surface area contributed by atoms with Crippen LogP contribution in [-0.2, 0) is 0 Å². The van der Waals surface area contributed by atoms with Gasteiger partial charge in [0, 0.05) is 45.2 Å². The molecule has 0 radical (unpaired) electrons. The monoisotopic (exact) mass is 472 g/mol. The summed E-state index contributed by atoms with van der Waals surface area (Å²) in [6, 6.07) is 18.7. The molecule has 0 aromatic heterocycles. The minimum atomic E-state index is -0.501. The number of benzene rings is 3. The highest BCUT2D eigenvalue weighted by atomic mass is 35.5. The lowest BCUT2D eigenvalue weighted by molar-refractivity contribution is 0.159. The van der Waals surface area contributed by atoms with Crippen LogP contribution in [0.5, 0.6) is 11.5 Å². The first-order valence-electron chi connectivity index (χ1n) is 11.0. The van der Waals surface area contributed by atoms with Crippen LogP contribution in [0.3, 0.4) is 0 Å². The lowest BCUT2D eigenvalue weighted by atomic mass is 10.1. The van der Waals surface area contributed by atoms with Gasteiger partial charge in [0.15, 0.2) is 0 Å². The first kappa shape index (κ1) is 23.3. The first-order chi connectivity index (χ1) is 16.0. The van der Waals surface area contributed by atoms with Gasteiger partial charge in [0.25, 0.3) is 0 Å². The molecule has 1 atom stereocenters. The number of nitrogens with zero attached hydrogens (tertiary/aromatic N) is 2. The van der Waals surface area contributed by atoms with Crippen molar-refractivity contribution in [2.75, 3.05) is 44.7 Å². The van der Waals surface area contributed by atoms with Crippen molar-refractivity contribution in [1.82, 2.24) is 4.90 Å². The van der Waals surface area contributed by atoms with Crippen LogP contribution >= 0.6 is 11.6 Å². The predicted molar refractivity (Wildman–Crippen MR) is 127 cm³/mol. The third-order valence-electron chi connectivity index (χ3n) is 5.90. The van der Waals surface area contributed by atoms with E-state index in [0.717, 1.165) is 49.7 Å². The van der Waals surface area contributed by atoms with Gasteiger partial charge in [-0.1, -0.05) is 35.9 Å². The lowest BCUT2D eigenvalue weighted by Gasteiger charge is -2.37. The van der Waals surface area contributed by atoms with E-state index in [-0.39, 0.29) is 16.9 Å². The Hall–Kier alpha value is -2.83. The number of piperazine rings is 1. The molecule has 1 aliphatic heterocycles. The van der Waals surface area contributed by atoms with Crippen LogP contribution in [0.2, 0.25) is 5.02 Å². The van der Waals surface area contributed by atoms with E-state index in [0.29, 0.717) is 12.2 Å². The standard InChI is InChI=1S/C26H27ClF2N2O2/c1-32-26-8-3-2-7-24(26)31-15-13-30(14-16-31)12-11-25(19-5-4-6-20(28)17-19)33-21-9-10-23(29)22(27)18-21/h2-10,17-18,25H,11-16H2,1H3. The molecule has 0 amide bonds. The minimum absolute atomic E-state index is 0.00189. The summed E-state index contributed by atoms with van der Waals surface area (Å²) in [6.07, 6.45) is 0.280. The molecule has 33 heavy (non-hydrogen) atoms. The number of hydrogen-bond acceptors (Lipinski definition) is 4. The predicted octanol–water partition coefficient (Wildman–Crippen LogP) is 5.96. The summed E-state index contributed by atoms with van der Waals surface area (Å²) < 4.78 is 39.1. The zero-order valence-corrected chi connectivity index (χ0v) is 19.3. The van der Waals surface area contributed by atoms with Gasteiger partial charge >= 0.3 is 0 Å². The summed E-state index contributed by atoms with van der Waals surface area (Å²) in [6.45, 7) is 4.36. The van der Waals surface area contributed by atoms with Crippen LogP contribution in [-0.4, -0.2) is 44.7 Å². The van der Waals surface area contributed by atoms with Crippen molar-refractivity contribution in [2.24, 2.45) is 0 Å². The summed E-state index contributed by atoms with van der Waals surface area (Å²) in [5, 5.41) is -0.00189. The van der Waals surface area contributed by atoms with Gasteiger partial charge in [-0.15, -0.1) is 0 Å². The van der Waals surface area contributed by atoms with Crippen molar-refractivity contribution < 1.29 is 18.3 Å². The number of rotatable bonds is 8. The van der Waals surface area contributed by atoms with Gasteiger partial charge < -0.3 is 14.4 Å². The second-order valence-corrected chi connectivity index (χ2v) is 8.43. The topological polar surface area (TPSA) is 24.9 Å². The summed E-state index contributed by atoms with van der Waals surface area (Å²) in [7, 11) is 1.69. The highest BCUT2D eigenvalue weighted by Crippen LogP contribution is 2.30. The highest BCUT2D eigenvalue weighted by molar-refractivity contribution is 6.30. The molecule has 1 fully saturated rings. The number of methoxy groups -OCH3 is 1. The SMILES string of the molecule is COc1ccccc1N1CCN(CCC(Oc2ccc(F)c(Cl)c2)c2cccc(F)c2)CC1. The van der Waals surface area contributed by atoms with E-state index in [2.05, 4.69) is 15.9 Å². The molecule has 3 aromatic carbocycles. The molecule has 174 valence electrons. The van der Waals surface area contributed by atoms with Crippen LogP contribution < -0.4 is 14.4 Å². The summed E-state index contributed by atoms with van der Waals surface area (Å²) in [5.41, 5.74) is 1.84. The Labute approximate surface area is 198 Å². The molecule has 0 saturated carbocycles. The third-order valence-corrected chi connectivity index (χ3v) is 6.19. The van der Waals surface area contributed by atoms with Crippen LogP contribution in [0.25, 0.3) is 0 Å². The number of para-hydroxylation sites is 2.